The first-order valence-corrected chi connectivity index (χ1v) is 4.86. The third kappa shape index (κ3) is 2.46. The summed E-state index contributed by atoms with van der Waals surface area (Å²) in [7, 11) is 2.02. The molecule has 0 aliphatic rings. The lowest BCUT2D eigenvalue weighted by Crippen LogP contribution is -2.32. The van der Waals surface area contributed by atoms with Crippen LogP contribution in [0, 0.1) is 6.92 Å². The number of aryl methyl sites for hydroxylation is 1. The van der Waals surface area contributed by atoms with Gasteiger partial charge < -0.3 is 10.6 Å². The number of rotatable bonds is 3. The lowest BCUT2D eigenvalue weighted by molar-refractivity contribution is 0.716. The van der Waals surface area contributed by atoms with Gasteiger partial charge >= 0.3 is 0 Å². The van der Waals surface area contributed by atoms with E-state index in [1.54, 1.807) is 11.3 Å². The highest BCUT2D eigenvalue weighted by molar-refractivity contribution is 7.13. The molecule has 12 heavy (non-hydrogen) atoms. The first kappa shape index (κ1) is 9.48. The Hall–Kier alpha value is -0.610. The molecule has 0 aliphatic heterocycles. The van der Waals surface area contributed by atoms with Gasteiger partial charge in [0.15, 0.2) is 5.13 Å². The minimum absolute atomic E-state index is 0.194. The van der Waals surface area contributed by atoms with Crippen LogP contribution < -0.4 is 10.6 Å². The maximum absolute atomic E-state index is 5.67. The fraction of sp³-hybridized carbons (Fsp3) is 0.625. The lowest BCUT2D eigenvalue weighted by Gasteiger charge is -2.17. The van der Waals surface area contributed by atoms with Crippen LogP contribution in [0.1, 0.15) is 12.6 Å². The van der Waals surface area contributed by atoms with Crippen LogP contribution in [-0.4, -0.2) is 24.6 Å². The van der Waals surface area contributed by atoms with Crippen molar-refractivity contribution in [2.24, 2.45) is 5.73 Å². The number of nitrogens with zero attached hydrogens (tertiary/aromatic N) is 2. The van der Waals surface area contributed by atoms with Crippen LogP contribution >= 0.6 is 11.3 Å². The number of thiazole rings is 1. The third-order valence-electron chi connectivity index (χ3n) is 1.50. The molecular formula is C8H15N3S. The summed E-state index contributed by atoms with van der Waals surface area (Å²) >= 11 is 1.66. The molecule has 1 aromatic rings. The molecular weight excluding hydrogens is 170 g/mol. The molecule has 0 spiro atoms. The van der Waals surface area contributed by atoms with E-state index in [1.165, 1.54) is 0 Å². The van der Waals surface area contributed by atoms with Crippen LogP contribution in [0.4, 0.5) is 5.13 Å². The topological polar surface area (TPSA) is 42.1 Å². The molecule has 1 aromatic heterocycles. The van der Waals surface area contributed by atoms with Gasteiger partial charge in [-0.15, -0.1) is 11.3 Å². The predicted molar refractivity (Wildman–Crippen MR) is 53.8 cm³/mol. The van der Waals surface area contributed by atoms with Gasteiger partial charge in [0.1, 0.15) is 0 Å². The van der Waals surface area contributed by atoms with Crippen LogP contribution in [0.5, 0.6) is 0 Å². The normalized spacial score (nSPS) is 13.0. The van der Waals surface area contributed by atoms with Crippen molar-refractivity contribution in [2.75, 3.05) is 18.5 Å². The number of aromatic nitrogens is 1. The van der Waals surface area contributed by atoms with Gasteiger partial charge in [0.25, 0.3) is 0 Å². The SMILES string of the molecule is Cc1csc(N(C)CC(C)N)n1. The van der Waals surface area contributed by atoms with Gasteiger partial charge in [-0.25, -0.2) is 4.98 Å². The Bertz CT molecular complexity index is 244. The van der Waals surface area contributed by atoms with E-state index in [4.69, 9.17) is 5.73 Å². The van der Waals surface area contributed by atoms with Crippen molar-refractivity contribution in [2.45, 2.75) is 19.9 Å². The summed E-state index contributed by atoms with van der Waals surface area (Å²) in [6.45, 7) is 4.85. The van der Waals surface area contributed by atoms with Crippen LogP contribution in [0.15, 0.2) is 5.38 Å². The second-order valence-electron chi connectivity index (χ2n) is 3.13. The van der Waals surface area contributed by atoms with Gasteiger partial charge in [0, 0.05) is 25.0 Å². The molecule has 1 rings (SSSR count). The van der Waals surface area contributed by atoms with Gasteiger partial charge in [-0.1, -0.05) is 0 Å². The molecule has 1 atom stereocenters. The summed E-state index contributed by atoms with van der Waals surface area (Å²) in [6.07, 6.45) is 0. The summed E-state index contributed by atoms with van der Waals surface area (Å²) in [5.41, 5.74) is 6.75. The molecule has 0 fully saturated rings. The number of anilines is 1. The molecule has 0 aliphatic carbocycles. The monoisotopic (exact) mass is 185 g/mol. The van der Waals surface area contributed by atoms with E-state index >= 15 is 0 Å². The van der Waals surface area contributed by atoms with E-state index in [1.807, 2.05) is 26.3 Å². The minimum atomic E-state index is 0.194. The lowest BCUT2D eigenvalue weighted by atomic mass is 10.3. The van der Waals surface area contributed by atoms with Crippen LogP contribution in [0.3, 0.4) is 0 Å². The molecule has 0 saturated heterocycles. The van der Waals surface area contributed by atoms with Crippen LogP contribution in [0.25, 0.3) is 0 Å². The summed E-state index contributed by atoms with van der Waals surface area (Å²) < 4.78 is 0. The van der Waals surface area contributed by atoms with E-state index < -0.39 is 0 Å². The maximum Gasteiger partial charge on any atom is 0.185 e. The number of likely N-dealkylation sites (N-methyl/N-ethyl adjacent to an activating group) is 1. The highest BCUT2D eigenvalue weighted by Crippen LogP contribution is 2.18. The van der Waals surface area contributed by atoms with Crippen molar-refractivity contribution in [1.82, 2.24) is 4.98 Å². The van der Waals surface area contributed by atoms with Gasteiger partial charge in [-0.2, -0.15) is 0 Å². The zero-order chi connectivity index (χ0) is 9.14. The van der Waals surface area contributed by atoms with Gasteiger partial charge in [-0.3, -0.25) is 0 Å². The number of nitrogens with two attached hydrogens (primary N) is 1. The van der Waals surface area contributed by atoms with Crippen molar-refractivity contribution >= 4 is 16.5 Å². The Morgan fingerprint density at radius 3 is 2.83 bits per heavy atom. The molecule has 0 bridgehead atoms. The first-order chi connectivity index (χ1) is 5.59. The number of hydrogen-bond acceptors (Lipinski definition) is 4. The predicted octanol–water partition coefficient (Wildman–Crippen LogP) is 1.23. The highest BCUT2D eigenvalue weighted by atomic mass is 32.1. The summed E-state index contributed by atoms with van der Waals surface area (Å²) in [4.78, 5) is 6.44. The fourth-order valence-corrected chi connectivity index (χ4v) is 1.81. The molecule has 3 nitrogen and oxygen atoms in total. The molecule has 1 heterocycles. The minimum Gasteiger partial charge on any atom is -0.350 e. The van der Waals surface area contributed by atoms with E-state index in [0.717, 1.165) is 17.4 Å². The quantitative estimate of drug-likeness (QED) is 0.770. The molecule has 0 aromatic carbocycles. The average molecular weight is 185 g/mol. The van der Waals surface area contributed by atoms with Crippen molar-refractivity contribution in [3.8, 4) is 0 Å². The van der Waals surface area contributed by atoms with E-state index in [2.05, 4.69) is 9.88 Å². The van der Waals surface area contributed by atoms with Crippen molar-refractivity contribution in [3.63, 3.8) is 0 Å². The Kier molecular flexibility index (Phi) is 3.05. The second kappa shape index (κ2) is 3.87. The molecule has 2 N–H and O–H groups in total. The summed E-state index contributed by atoms with van der Waals surface area (Å²) in [6, 6.07) is 0.194. The van der Waals surface area contributed by atoms with Crippen molar-refractivity contribution in [3.05, 3.63) is 11.1 Å². The maximum atomic E-state index is 5.67. The summed E-state index contributed by atoms with van der Waals surface area (Å²) in [5, 5.41) is 3.09. The van der Waals surface area contributed by atoms with E-state index in [-0.39, 0.29) is 6.04 Å². The van der Waals surface area contributed by atoms with Crippen molar-refractivity contribution in [1.29, 1.82) is 0 Å². The molecule has 0 radical (unpaired) electrons. The number of hydrogen-bond donors (Lipinski definition) is 1. The Morgan fingerprint density at radius 2 is 2.42 bits per heavy atom. The highest BCUT2D eigenvalue weighted by Gasteiger charge is 2.06. The molecule has 4 heteroatoms. The fourth-order valence-electron chi connectivity index (χ4n) is 1.03. The summed E-state index contributed by atoms with van der Waals surface area (Å²) in [5.74, 6) is 0. The van der Waals surface area contributed by atoms with Crippen molar-refractivity contribution < 1.29 is 0 Å². The van der Waals surface area contributed by atoms with Crippen LogP contribution in [-0.2, 0) is 0 Å². The second-order valence-corrected chi connectivity index (χ2v) is 3.97. The van der Waals surface area contributed by atoms with Crippen LogP contribution in [0.2, 0.25) is 0 Å². The molecule has 68 valence electrons. The largest absolute Gasteiger partial charge is 0.350 e. The Labute approximate surface area is 77.2 Å². The van der Waals surface area contributed by atoms with Gasteiger partial charge in [0.05, 0.1) is 5.69 Å². The van der Waals surface area contributed by atoms with E-state index in [0.29, 0.717) is 0 Å². The Morgan fingerprint density at radius 1 is 1.75 bits per heavy atom. The molecule has 0 amide bonds. The van der Waals surface area contributed by atoms with Gasteiger partial charge in [0.2, 0.25) is 0 Å². The van der Waals surface area contributed by atoms with E-state index in [9.17, 15) is 0 Å². The first-order valence-electron chi connectivity index (χ1n) is 3.98. The Balaban J connectivity index is 2.58. The zero-order valence-electron chi connectivity index (χ0n) is 7.74. The molecule has 0 saturated carbocycles. The average Bonchev–Trinajstić information content (AvgIpc) is 2.34. The standard InChI is InChI=1S/C8H15N3S/c1-6(9)4-11(3)8-10-7(2)5-12-8/h5-6H,4,9H2,1-3H3. The third-order valence-corrected chi connectivity index (χ3v) is 2.57. The molecule has 1 unspecified atom stereocenters. The zero-order valence-corrected chi connectivity index (χ0v) is 8.56. The smallest absolute Gasteiger partial charge is 0.185 e. The van der Waals surface area contributed by atoms with Gasteiger partial charge in [-0.05, 0) is 13.8 Å².